The van der Waals surface area contributed by atoms with Gasteiger partial charge in [0.05, 0.1) is 4.90 Å². The summed E-state index contributed by atoms with van der Waals surface area (Å²) in [5.41, 5.74) is 0. The Bertz CT molecular complexity index is 631. The van der Waals surface area contributed by atoms with E-state index in [-0.39, 0.29) is 17.9 Å². The summed E-state index contributed by atoms with van der Waals surface area (Å²) in [6, 6.07) is 8.34. The molecule has 1 aromatic rings. The van der Waals surface area contributed by atoms with Gasteiger partial charge in [-0.15, -0.1) is 0 Å². The molecule has 5 nitrogen and oxygen atoms in total. The highest BCUT2D eigenvalue weighted by Crippen LogP contribution is 2.27. The fourth-order valence-electron chi connectivity index (χ4n) is 3.54. The molecule has 1 heterocycles. The van der Waals surface area contributed by atoms with Crippen molar-refractivity contribution in [3.05, 3.63) is 30.3 Å². The number of likely N-dealkylation sites (tertiary alicyclic amines) is 1. The number of nitrogens with zero attached hydrogens (tertiary/aromatic N) is 1. The van der Waals surface area contributed by atoms with E-state index in [1.165, 1.54) is 0 Å². The van der Waals surface area contributed by atoms with Gasteiger partial charge >= 0.3 is 0 Å². The quantitative estimate of drug-likeness (QED) is 0.916. The minimum atomic E-state index is -3.47. The van der Waals surface area contributed by atoms with Crippen LogP contribution in [0.1, 0.15) is 38.5 Å². The van der Waals surface area contributed by atoms with E-state index in [2.05, 4.69) is 4.72 Å². The Morgan fingerprint density at radius 2 is 1.61 bits per heavy atom. The van der Waals surface area contributed by atoms with E-state index in [9.17, 15) is 13.2 Å². The summed E-state index contributed by atoms with van der Waals surface area (Å²) in [5.74, 6) is 0.472. The molecule has 1 saturated heterocycles. The predicted octanol–water partition coefficient (Wildman–Crippen LogP) is 2.15. The maximum absolute atomic E-state index is 12.4. The van der Waals surface area contributed by atoms with Crippen LogP contribution in [-0.2, 0) is 14.8 Å². The van der Waals surface area contributed by atoms with Gasteiger partial charge in [-0.1, -0.05) is 31.0 Å². The van der Waals surface area contributed by atoms with Gasteiger partial charge in [0.25, 0.3) is 0 Å². The van der Waals surface area contributed by atoms with Crippen molar-refractivity contribution in [3.63, 3.8) is 0 Å². The van der Waals surface area contributed by atoms with Crippen molar-refractivity contribution >= 4 is 15.9 Å². The standard InChI is InChI=1S/C17H24N2O3S/c20-17(14-6-4-5-7-14)19-12-10-15(11-13-19)18-23(21,22)16-8-2-1-3-9-16/h1-3,8-9,14-15,18H,4-7,10-13H2. The summed E-state index contributed by atoms with van der Waals surface area (Å²) < 4.78 is 27.4. The lowest BCUT2D eigenvalue weighted by atomic mass is 10.0. The molecule has 1 N–H and O–H groups in total. The van der Waals surface area contributed by atoms with Crippen molar-refractivity contribution in [3.8, 4) is 0 Å². The van der Waals surface area contributed by atoms with Gasteiger partial charge in [0.1, 0.15) is 0 Å². The van der Waals surface area contributed by atoms with Crippen LogP contribution < -0.4 is 4.72 Å². The smallest absolute Gasteiger partial charge is 0.240 e. The summed E-state index contributed by atoms with van der Waals surface area (Å²) in [6.45, 7) is 1.30. The number of rotatable bonds is 4. The molecule has 0 atom stereocenters. The third-order valence-electron chi connectivity index (χ3n) is 4.89. The molecule has 0 spiro atoms. The van der Waals surface area contributed by atoms with Crippen LogP contribution in [0.3, 0.4) is 0 Å². The maximum Gasteiger partial charge on any atom is 0.240 e. The normalized spacial score (nSPS) is 20.8. The van der Waals surface area contributed by atoms with Crippen LogP contribution in [0, 0.1) is 5.92 Å². The van der Waals surface area contributed by atoms with Crippen molar-refractivity contribution < 1.29 is 13.2 Å². The number of piperidine rings is 1. The highest BCUT2D eigenvalue weighted by Gasteiger charge is 2.31. The molecule has 1 aliphatic heterocycles. The van der Waals surface area contributed by atoms with Crippen molar-refractivity contribution in [2.75, 3.05) is 13.1 Å². The van der Waals surface area contributed by atoms with Crippen LogP contribution in [0.4, 0.5) is 0 Å². The Labute approximate surface area is 138 Å². The second-order valence-corrected chi connectivity index (χ2v) is 8.23. The average molecular weight is 336 g/mol. The highest BCUT2D eigenvalue weighted by atomic mass is 32.2. The second-order valence-electron chi connectivity index (χ2n) is 6.52. The average Bonchev–Trinajstić information content (AvgIpc) is 3.10. The van der Waals surface area contributed by atoms with Crippen LogP contribution in [-0.4, -0.2) is 38.4 Å². The third kappa shape index (κ3) is 3.93. The van der Waals surface area contributed by atoms with Gasteiger partial charge in [-0.3, -0.25) is 4.79 Å². The van der Waals surface area contributed by atoms with Crippen molar-refractivity contribution in [2.24, 2.45) is 5.92 Å². The number of benzene rings is 1. The fourth-order valence-corrected chi connectivity index (χ4v) is 4.86. The molecule has 126 valence electrons. The van der Waals surface area contributed by atoms with Gasteiger partial charge in [-0.25, -0.2) is 13.1 Å². The van der Waals surface area contributed by atoms with Crippen molar-refractivity contribution in [2.45, 2.75) is 49.5 Å². The van der Waals surface area contributed by atoms with E-state index >= 15 is 0 Å². The van der Waals surface area contributed by atoms with E-state index in [1.54, 1.807) is 30.3 Å². The zero-order valence-electron chi connectivity index (χ0n) is 13.3. The van der Waals surface area contributed by atoms with Crippen molar-refractivity contribution in [1.29, 1.82) is 0 Å². The van der Waals surface area contributed by atoms with Gasteiger partial charge in [0.2, 0.25) is 15.9 Å². The summed E-state index contributed by atoms with van der Waals surface area (Å²) in [6.07, 6.45) is 5.71. The molecule has 2 aliphatic rings. The van der Waals surface area contributed by atoms with Crippen molar-refractivity contribution in [1.82, 2.24) is 9.62 Å². The molecular weight excluding hydrogens is 312 g/mol. The number of hydrogen-bond acceptors (Lipinski definition) is 3. The van der Waals surface area contributed by atoms with E-state index in [0.29, 0.717) is 30.8 Å². The molecule has 2 fully saturated rings. The summed E-state index contributed by atoms with van der Waals surface area (Å²) in [7, 11) is -3.47. The molecule has 0 unspecified atom stereocenters. The first-order valence-corrected chi connectivity index (χ1v) is 9.91. The number of nitrogens with one attached hydrogen (secondary N) is 1. The Hall–Kier alpha value is -1.40. The molecule has 3 rings (SSSR count). The third-order valence-corrected chi connectivity index (χ3v) is 6.42. The molecule has 1 aromatic carbocycles. The SMILES string of the molecule is O=C(C1CCCC1)N1CCC(NS(=O)(=O)c2ccccc2)CC1. The topological polar surface area (TPSA) is 66.5 Å². The maximum atomic E-state index is 12.4. The summed E-state index contributed by atoms with van der Waals surface area (Å²) in [5, 5.41) is 0. The lowest BCUT2D eigenvalue weighted by molar-refractivity contribution is -0.136. The minimum Gasteiger partial charge on any atom is -0.342 e. The number of carbonyl (C=O) groups excluding carboxylic acids is 1. The van der Waals surface area contributed by atoms with Gasteiger partial charge in [0, 0.05) is 25.0 Å². The van der Waals surface area contributed by atoms with E-state index in [4.69, 9.17) is 0 Å². The first kappa shape index (κ1) is 16.5. The second kappa shape index (κ2) is 7.01. The molecule has 1 aliphatic carbocycles. The molecule has 0 aromatic heterocycles. The molecule has 1 amide bonds. The van der Waals surface area contributed by atoms with Crippen LogP contribution in [0.25, 0.3) is 0 Å². The first-order valence-electron chi connectivity index (χ1n) is 8.42. The van der Waals surface area contributed by atoms with Gasteiger partial charge in [-0.2, -0.15) is 0 Å². The van der Waals surface area contributed by atoms with Gasteiger partial charge in [0.15, 0.2) is 0 Å². The highest BCUT2D eigenvalue weighted by molar-refractivity contribution is 7.89. The first-order chi connectivity index (χ1) is 11.1. The number of hydrogen-bond donors (Lipinski definition) is 1. The molecule has 23 heavy (non-hydrogen) atoms. The van der Waals surface area contributed by atoms with E-state index < -0.39 is 10.0 Å². The van der Waals surface area contributed by atoms with Crippen LogP contribution in [0.2, 0.25) is 0 Å². The zero-order chi connectivity index (χ0) is 16.3. The number of carbonyl (C=O) groups is 1. The Morgan fingerprint density at radius 3 is 2.22 bits per heavy atom. The number of amides is 1. The molecule has 0 radical (unpaired) electrons. The largest absolute Gasteiger partial charge is 0.342 e. The molecule has 0 bridgehead atoms. The predicted molar refractivity (Wildman–Crippen MR) is 88.3 cm³/mol. The molecule has 1 saturated carbocycles. The minimum absolute atomic E-state index is 0.0900. The Morgan fingerprint density at radius 1 is 1.00 bits per heavy atom. The summed E-state index contributed by atoms with van der Waals surface area (Å²) >= 11 is 0. The fraction of sp³-hybridized carbons (Fsp3) is 0.588. The monoisotopic (exact) mass is 336 g/mol. The Kier molecular flexibility index (Phi) is 5.02. The lowest BCUT2D eigenvalue weighted by Gasteiger charge is -2.33. The lowest BCUT2D eigenvalue weighted by Crippen LogP contribution is -2.47. The molecular formula is C17H24N2O3S. The Balaban J connectivity index is 1.54. The number of sulfonamides is 1. The van der Waals surface area contributed by atoms with Crippen LogP contribution in [0.15, 0.2) is 35.2 Å². The van der Waals surface area contributed by atoms with Gasteiger partial charge < -0.3 is 4.90 Å². The molecule has 6 heteroatoms. The van der Waals surface area contributed by atoms with Crippen LogP contribution in [0.5, 0.6) is 0 Å². The van der Waals surface area contributed by atoms with E-state index in [0.717, 1.165) is 25.7 Å². The summed E-state index contributed by atoms with van der Waals surface area (Å²) in [4.78, 5) is 14.6. The van der Waals surface area contributed by atoms with Gasteiger partial charge in [-0.05, 0) is 37.8 Å². The zero-order valence-corrected chi connectivity index (χ0v) is 14.1. The van der Waals surface area contributed by atoms with E-state index in [1.807, 2.05) is 4.90 Å². The van der Waals surface area contributed by atoms with Crippen LogP contribution >= 0.6 is 0 Å².